The lowest BCUT2D eigenvalue weighted by molar-refractivity contribution is 0.0422. The van der Waals surface area contributed by atoms with Crippen LogP contribution in [-0.4, -0.2) is 41.7 Å². The van der Waals surface area contributed by atoms with Crippen molar-refractivity contribution >= 4 is 16.7 Å². The molecule has 0 radical (unpaired) electrons. The molecule has 0 atom stereocenters. The van der Waals surface area contributed by atoms with Crippen LogP contribution in [0.3, 0.4) is 0 Å². The fourth-order valence-electron chi connectivity index (χ4n) is 2.10. The Balaban J connectivity index is 1.89. The normalized spacial score (nSPS) is 18.0. The van der Waals surface area contributed by atoms with Crippen LogP contribution in [0.15, 0.2) is 0 Å². The minimum atomic E-state index is 0.0251. The maximum Gasteiger partial charge on any atom is 0.205 e. The van der Waals surface area contributed by atoms with E-state index in [-0.39, 0.29) is 5.41 Å². The fraction of sp³-hybridized carbons (Fsp3) is 0.846. The number of nitrogens with zero attached hydrogens (tertiary/aromatic N) is 3. The fourth-order valence-corrected chi connectivity index (χ4v) is 3.01. The van der Waals surface area contributed by atoms with E-state index < -0.39 is 0 Å². The first-order valence-electron chi connectivity index (χ1n) is 6.91. The molecule has 0 amide bonds. The van der Waals surface area contributed by atoms with Crippen LogP contribution < -0.4 is 10.6 Å². The van der Waals surface area contributed by atoms with E-state index in [9.17, 15) is 0 Å². The predicted molar refractivity (Wildman–Crippen MR) is 78.9 cm³/mol. The number of piperidine rings is 1. The molecular formula is C13H24N4OS. The molecule has 108 valence electrons. The summed E-state index contributed by atoms with van der Waals surface area (Å²) < 4.78 is 10.2. The van der Waals surface area contributed by atoms with E-state index in [1.165, 1.54) is 11.5 Å². The Kier molecular flexibility index (Phi) is 4.76. The summed E-state index contributed by atoms with van der Waals surface area (Å²) in [6.07, 6.45) is 2.45. The molecule has 1 aliphatic heterocycles. The van der Waals surface area contributed by atoms with E-state index in [0.717, 1.165) is 36.9 Å². The van der Waals surface area contributed by atoms with Gasteiger partial charge in [-0.3, -0.25) is 0 Å². The molecule has 0 spiro atoms. The number of rotatable bonds is 4. The van der Waals surface area contributed by atoms with Gasteiger partial charge in [-0.1, -0.05) is 20.8 Å². The van der Waals surface area contributed by atoms with Crippen LogP contribution in [0.5, 0.6) is 0 Å². The van der Waals surface area contributed by atoms with Gasteiger partial charge in [-0.05, 0) is 12.8 Å². The second kappa shape index (κ2) is 6.15. The third-order valence-electron chi connectivity index (χ3n) is 3.27. The summed E-state index contributed by atoms with van der Waals surface area (Å²) >= 11 is 1.51. The summed E-state index contributed by atoms with van der Waals surface area (Å²) in [5.74, 6) is 0.939. The Hall–Kier alpha value is -0.720. The van der Waals surface area contributed by atoms with Gasteiger partial charge in [0.2, 0.25) is 5.13 Å². The van der Waals surface area contributed by atoms with Gasteiger partial charge in [0, 0.05) is 36.6 Å². The van der Waals surface area contributed by atoms with Gasteiger partial charge >= 0.3 is 0 Å². The van der Waals surface area contributed by atoms with Gasteiger partial charge in [0.05, 0.1) is 12.7 Å². The molecule has 0 aliphatic carbocycles. The highest BCUT2D eigenvalue weighted by atomic mass is 32.1. The van der Waals surface area contributed by atoms with Crippen molar-refractivity contribution in [2.45, 2.75) is 45.1 Å². The molecule has 2 N–H and O–H groups in total. The highest BCUT2D eigenvalue weighted by molar-refractivity contribution is 7.09. The number of nitrogens with two attached hydrogens (primary N) is 1. The van der Waals surface area contributed by atoms with Gasteiger partial charge in [0.1, 0.15) is 5.82 Å². The number of hydrogen-bond donors (Lipinski definition) is 1. The topological polar surface area (TPSA) is 64.3 Å². The number of aromatic nitrogens is 2. The van der Waals surface area contributed by atoms with Gasteiger partial charge in [0.15, 0.2) is 0 Å². The second-order valence-electron chi connectivity index (χ2n) is 6.00. The average molecular weight is 284 g/mol. The van der Waals surface area contributed by atoms with E-state index in [1.54, 1.807) is 0 Å². The van der Waals surface area contributed by atoms with E-state index in [4.69, 9.17) is 10.5 Å². The Morgan fingerprint density at radius 3 is 2.58 bits per heavy atom. The smallest absolute Gasteiger partial charge is 0.205 e. The van der Waals surface area contributed by atoms with Crippen molar-refractivity contribution in [2.75, 3.05) is 31.1 Å². The number of anilines is 1. The first kappa shape index (κ1) is 14.7. The summed E-state index contributed by atoms with van der Waals surface area (Å²) in [7, 11) is 0. The van der Waals surface area contributed by atoms with Crippen molar-refractivity contribution in [3.63, 3.8) is 0 Å². The summed E-state index contributed by atoms with van der Waals surface area (Å²) in [6.45, 7) is 9.69. The lowest BCUT2D eigenvalue weighted by atomic mass is 9.96. The monoisotopic (exact) mass is 284 g/mol. The lowest BCUT2D eigenvalue weighted by Gasteiger charge is -2.31. The standard InChI is InChI=1S/C13H24N4OS/c1-13(2,3)11-15-12(19-16-11)17-7-4-10(5-8-17)18-9-6-14/h10H,4-9,14H2,1-3H3. The molecule has 0 aromatic carbocycles. The largest absolute Gasteiger partial charge is 0.377 e. The molecule has 2 heterocycles. The van der Waals surface area contributed by atoms with Crippen molar-refractivity contribution in [3.8, 4) is 0 Å². The third kappa shape index (κ3) is 3.87. The molecule has 1 aromatic heterocycles. The van der Waals surface area contributed by atoms with E-state index in [1.807, 2.05) is 0 Å². The maximum absolute atomic E-state index is 5.69. The van der Waals surface area contributed by atoms with Crippen LogP contribution in [0.4, 0.5) is 5.13 Å². The van der Waals surface area contributed by atoms with Gasteiger partial charge in [-0.2, -0.15) is 4.37 Å². The minimum absolute atomic E-state index is 0.0251. The van der Waals surface area contributed by atoms with Gasteiger partial charge in [-0.25, -0.2) is 4.98 Å². The summed E-state index contributed by atoms with van der Waals surface area (Å²) in [5.41, 5.74) is 5.48. The zero-order chi connectivity index (χ0) is 13.9. The molecule has 2 rings (SSSR count). The van der Waals surface area contributed by atoms with Gasteiger partial charge in [0.25, 0.3) is 0 Å². The second-order valence-corrected chi connectivity index (χ2v) is 6.73. The molecule has 0 unspecified atom stereocenters. The summed E-state index contributed by atoms with van der Waals surface area (Å²) in [5, 5.41) is 1.04. The molecule has 1 saturated heterocycles. The molecule has 0 saturated carbocycles. The highest BCUT2D eigenvalue weighted by Crippen LogP contribution is 2.27. The quantitative estimate of drug-likeness (QED) is 0.913. The average Bonchev–Trinajstić information content (AvgIpc) is 2.86. The van der Waals surface area contributed by atoms with E-state index in [0.29, 0.717) is 19.3 Å². The van der Waals surface area contributed by atoms with Crippen molar-refractivity contribution in [1.29, 1.82) is 0 Å². The third-order valence-corrected chi connectivity index (χ3v) is 4.05. The van der Waals surface area contributed by atoms with Crippen LogP contribution in [-0.2, 0) is 10.2 Å². The number of hydrogen-bond acceptors (Lipinski definition) is 6. The molecule has 1 fully saturated rings. The summed E-state index contributed by atoms with van der Waals surface area (Å²) in [4.78, 5) is 6.98. The lowest BCUT2D eigenvalue weighted by Crippen LogP contribution is -2.37. The van der Waals surface area contributed by atoms with Crippen LogP contribution >= 0.6 is 11.5 Å². The first-order valence-corrected chi connectivity index (χ1v) is 7.69. The van der Waals surface area contributed by atoms with Gasteiger partial charge < -0.3 is 15.4 Å². The highest BCUT2D eigenvalue weighted by Gasteiger charge is 2.25. The van der Waals surface area contributed by atoms with Crippen LogP contribution in [0.1, 0.15) is 39.4 Å². The van der Waals surface area contributed by atoms with Crippen molar-refractivity contribution in [2.24, 2.45) is 5.73 Å². The van der Waals surface area contributed by atoms with Gasteiger partial charge in [-0.15, -0.1) is 0 Å². The molecule has 1 aromatic rings. The summed E-state index contributed by atoms with van der Waals surface area (Å²) in [6, 6.07) is 0. The molecule has 6 heteroatoms. The maximum atomic E-state index is 5.69. The van der Waals surface area contributed by atoms with Crippen LogP contribution in [0.25, 0.3) is 0 Å². The van der Waals surface area contributed by atoms with E-state index >= 15 is 0 Å². The van der Waals surface area contributed by atoms with Crippen molar-refractivity contribution < 1.29 is 4.74 Å². The van der Waals surface area contributed by atoms with Crippen molar-refractivity contribution in [3.05, 3.63) is 5.82 Å². The Labute approximate surface area is 119 Å². The molecule has 1 aliphatic rings. The molecule has 19 heavy (non-hydrogen) atoms. The SMILES string of the molecule is CC(C)(C)c1nsc(N2CCC(OCCN)CC2)n1. The Morgan fingerprint density at radius 2 is 2.05 bits per heavy atom. The van der Waals surface area contributed by atoms with Crippen LogP contribution in [0, 0.1) is 0 Å². The Bertz CT molecular complexity index is 394. The number of ether oxygens (including phenoxy) is 1. The van der Waals surface area contributed by atoms with E-state index in [2.05, 4.69) is 35.0 Å². The molecular weight excluding hydrogens is 260 g/mol. The molecule has 5 nitrogen and oxygen atoms in total. The zero-order valence-electron chi connectivity index (χ0n) is 12.1. The first-order chi connectivity index (χ1) is 9.00. The molecule has 0 bridgehead atoms. The van der Waals surface area contributed by atoms with Crippen LogP contribution in [0.2, 0.25) is 0 Å². The predicted octanol–water partition coefficient (Wildman–Crippen LogP) is 1.78. The zero-order valence-corrected chi connectivity index (χ0v) is 12.9. The van der Waals surface area contributed by atoms with Crippen molar-refractivity contribution in [1.82, 2.24) is 9.36 Å². The Morgan fingerprint density at radius 1 is 1.37 bits per heavy atom. The minimum Gasteiger partial charge on any atom is -0.377 e.